The molecule has 2 heterocycles. The van der Waals surface area contributed by atoms with Gasteiger partial charge in [-0.05, 0) is 17.3 Å². The van der Waals surface area contributed by atoms with Crippen LogP contribution in [0.3, 0.4) is 0 Å². The molecule has 0 amide bonds. The van der Waals surface area contributed by atoms with Gasteiger partial charge in [0.2, 0.25) is 5.82 Å². The fourth-order valence-electron chi connectivity index (χ4n) is 1.65. The highest BCUT2D eigenvalue weighted by Gasteiger charge is 2.07. The van der Waals surface area contributed by atoms with E-state index in [2.05, 4.69) is 36.1 Å². The summed E-state index contributed by atoms with van der Waals surface area (Å²) in [6.07, 6.45) is 3.15. The maximum atomic E-state index is 9.05. The number of hydrogen-bond donors (Lipinski definition) is 3. The van der Waals surface area contributed by atoms with Gasteiger partial charge in [0, 0.05) is 11.6 Å². The lowest BCUT2D eigenvalue weighted by Crippen LogP contribution is -1.93. The predicted octanol–water partition coefficient (Wildman–Crippen LogP) is 1.71. The molecular formula is C11H7ClN8. The van der Waals surface area contributed by atoms with Gasteiger partial charge in [-0.25, -0.2) is 0 Å². The Morgan fingerprint density at radius 2 is 2.35 bits per heavy atom. The van der Waals surface area contributed by atoms with Gasteiger partial charge < -0.3 is 5.32 Å². The number of nitrogens with one attached hydrogen (secondary N) is 3. The highest BCUT2D eigenvalue weighted by atomic mass is 35.5. The number of benzene rings is 1. The molecule has 3 N–H and O–H groups in total. The maximum Gasteiger partial charge on any atom is 0.216 e. The monoisotopic (exact) mass is 286 g/mol. The van der Waals surface area contributed by atoms with Crippen LogP contribution in [0.1, 0.15) is 5.82 Å². The SMILES string of the molecule is N#CC(=CNc1cc2[nH]ncc2cc1Cl)c1nn[nH]n1. The first kappa shape index (κ1) is 12.1. The smallest absolute Gasteiger partial charge is 0.216 e. The Balaban J connectivity index is 1.93. The van der Waals surface area contributed by atoms with Gasteiger partial charge in [0.25, 0.3) is 0 Å². The van der Waals surface area contributed by atoms with Crippen LogP contribution in [0.4, 0.5) is 5.69 Å². The minimum atomic E-state index is 0.207. The van der Waals surface area contributed by atoms with Crippen LogP contribution in [0.5, 0.6) is 0 Å². The van der Waals surface area contributed by atoms with E-state index in [1.54, 1.807) is 18.3 Å². The molecule has 2 aromatic heterocycles. The molecule has 0 spiro atoms. The molecule has 0 bridgehead atoms. The minimum Gasteiger partial charge on any atom is -0.359 e. The quantitative estimate of drug-likeness (QED) is 0.631. The summed E-state index contributed by atoms with van der Waals surface area (Å²) in [6, 6.07) is 5.55. The summed E-state index contributed by atoms with van der Waals surface area (Å²) in [6.45, 7) is 0. The highest BCUT2D eigenvalue weighted by Crippen LogP contribution is 2.27. The third-order valence-corrected chi connectivity index (χ3v) is 2.92. The van der Waals surface area contributed by atoms with Crippen molar-refractivity contribution in [3.63, 3.8) is 0 Å². The Kier molecular flexibility index (Phi) is 3.02. The lowest BCUT2D eigenvalue weighted by Gasteiger charge is -2.04. The lowest BCUT2D eigenvalue weighted by molar-refractivity contribution is 0.881. The number of rotatable bonds is 3. The van der Waals surface area contributed by atoms with Crippen molar-refractivity contribution in [1.29, 1.82) is 5.26 Å². The second-order valence-corrected chi connectivity index (χ2v) is 4.25. The molecule has 0 atom stereocenters. The van der Waals surface area contributed by atoms with E-state index >= 15 is 0 Å². The van der Waals surface area contributed by atoms with Crippen LogP contribution in [0, 0.1) is 11.3 Å². The van der Waals surface area contributed by atoms with Crippen molar-refractivity contribution in [3.8, 4) is 6.07 Å². The van der Waals surface area contributed by atoms with E-state index in [1.165, 1.54) is 6.20 Å². The van der Waals surface area contributed by atoms with E-state index < -0.39 is 0 Å². The fraction of sp³-hybridized carbons (Fsp3) is 0. The zero-order valence-corrected chi connectivity index (χ0v) is 10.7. The number of aromatic amines is 2. The summed E-state index contributed by atoms with van der Waals surface area (Å²) >= 11 is 6.15. The molecule has 8 nitrogen and oxygen atoms in total. The van der Waals surface area contributed by atoms with E-state index in [4.69, 9.17) is 16.9 Å². The molecule has 20 heavy (non-hydrogen) atoms. The molecule has 98 valence electrons. The topological polar surface area (TPSA) is 119 Å². The van der Waals surface area contributed by atoms with Crippen LogP contribution in [-0.4, -0.2) is 30.8 Å². The van der Waals surface area contributed by atoms with Gasteiger partial charge in [-0.3, -0.25) is 5.10 Å². The van der Waals surface area contributed by atoms with Gasteiger partial charge in [0.1, 0.15) is 11.6 Å². The predicted molar refractivity (Wildman–Crippen MR) is 72.5 cm³/mol. The molecule has 0 saturated carbocycles. The maximum absolute atomic E-state index is 9.05. The van der Waals surface area contributed by atoms with Gasteiger partial charge >= 0.3 is 0 Å². The first-order valence-corrected chi connectivity index (χ1v) is 5.89. The van der Waals surface area contributed by atoms with E-state index in [9.17, 15) is 0 Å². The Labute approximate surface area is 117 Å². The van der Waals surface area contributed by atoms with Gasteiger partial charge in [0.15, 0.2) is 0 Å². The first-order chi connectivity index (χ1) is 9.78. The van der Waals surface area contributed by atoms with Crippen molar-refractivity contribution in [2.45, 2.75) is 0 Å². The Bertz CT molecular complexity index is 811. The number of aromatic nitrogens is 6. The second-order valence-electron chi connectivity index (χ2n) is 3.84. The van der Waals surface area contributed by atoms with Crippen LogP contribution in [0.15, 0.2) is 24.5 Å². The van der Waals surface area contributed by atoms with E-state index in [-0.39, 0.29) is 11.4 Å². The number of halogens is 1. The van der Waals surface area contributed by atoms with Crippen LogP contribution in [0.25, 0.3) is 16.5 Å². The van der Waals surface area contributed by atoms with Gasteiger partial charge in [-0.15, -0.1) is 10.2 Å². The molecule has 3 aromatic rings. The number of fused-ring (bicyclic) bond motifs is 1. The summed E-state index contributed by atoms with van der Waals surface area (Å²) in [5.74, 6) is 0.207. The van der Waals surface area contributed by atoms with E-state index in [0.29, 0.717) is 10.7 Å². The molecule has 0 radical (unpaired) electrons. The molecule has 1 aromatic carbocycles. The number of H-pyrrole nitrogens is 2. The van der Waals surface area contributed by atoms with Crippen molar-refractivity contribution in [2.75, 3.05) is 5.32 Å². The fourth-order valence-corrected chi connectivity index (χ4v) is 1.87. The average molecular weight is 287 g/mol. The van der Waals surface area contributed by atoms with Crippen molar-refractivity contribution in [1.82, 2.24) is 30.8 Å². The molecule has 0 saturated heterocycles. The summed E-state index contributed by atoms with van der Waals surface area (Å²) in [4.78, 5) is 0. The lowest BCUT2D eigenvalue weighted by atomic mass is 10.2. The number of hydrogen-bond acceptors (Lipinski definition) is 6. The zero-order chi connectivity index (χ0) is 13.9. The number of nitrogens with zero attached hydrogens (tertiary/aromatic N) is 5. The van der Waals surface area contributed by atoms with Crippen molar-refractivity contribution >= 4 is 33.8 Å². The molecule has 0 aliphatic heterocycles. The summed E-state index contributed by atoms with van der Waals surface area (Å²) in [5.41, 5.74) is 1.71. The normalized spacial score (nSPS) is 11.5. The molecule has 0 fully saturated rings. The standard InChI is InChI=1S/C11H7ClN8/c12-8-1-6-5-15-16-9(6)2-10(8)14-4-7(3-13)11-17-19-20-18-11/h1-2,4-5,14H,(H,15,16)(H,17,18,19,20). The summed E-state index contributed by atoms with van der Waals surface area (Å²) < 4.78 is 0. The van der Waals surface area contributed by atoms with Crippen LogP contribution in [-0.2, 0) is 0 Å². The van der Waals surface area contributed by atoms with E-state index in [0.717, 1.165) is 10.9 Å². The van der Waals surface area contributed by atoms with Crippen molar-refractivity contribution in [3.05, 3.63) is 35.4 Å². The third-order valence-electron chi connectivity index (χ3n) is 2.61. The molecule has 0 aliphatic carbocycles. The van der Waals surface area contributed by atoms with Crippen LogP contribution >= 0.6 is 11.6 Å². The Morgan fingerprint density at radius 1 is 1.45 bits per heavy atom. The third kappa shape index (κ3) is 2.17. The molecule has 3 rings (SSSR count). The van der Waals surface area contributed by atoms with E-state index in [1.807, 2.05) is 6.07 Å². The minimum absolute atomic E-state index is 0.207. The molecular weight excluding hydrogens is 280 g/mol. The van der Waals surface area contributed by atoms with Gasteiger partial charge in [-0.1, -0.05) is 11.6 Å². The second kappa shape index (κ2) is 4.99. The molecule has 0 aliphatic rings. The largest absolute Gasteiger partial charge is 0.359 e. The molecule has 0 unspecified atom stereocenters. The number of nitriles is 1. The zero-order valence-electron chi connectivity index (χ0n) is 9.92. The average Bonchev–Trinajstić information content (AvgIpc) is 3.10. The number of anilines is 1. The highest BCUT2D eigenvalue weighted by molar-refractivity contribution is 6.34. The van der Waals surface area contributed by atoms with Gasteiger partial charge in [-0.2, -0.15) is 15.6 Å². The number of allylic oxidation sites excluding steroid dienone is 1. The van der Waals surface area contributed by atoms with Crippen molar-refractivity contribution < 1.29 is 0 Å². The number of tetrazole rings is 1. The van der Waals surface area contributed by atoms with Crippen molar-refractivity contribution in [2.24, 2.45) is 0 Å². The first-order valence-electron chi connectivity index (χ1n) is 5.51. The Hall–Kier alpha value is -2.92. The Morgan fingerprint density at radius 3 is 3.10 bits per heavy atom. The summed E-state index contributed by atoms with van der Waals surface area (Å²) in [5, 5.41) is 33.4. The molecule has 9 heteroatoms. The van der Waals surface area contributed by atoms with Gasteiger partial charge in [0.05, 0.1) is 22.4 Å². The van der Waals surface area contributed by atoms with Crippen LogP contribution in [0.2, 0.25) is 5.02 Å². The van der Waals surface area contributed by atoms with Crippen LogP contribution < -0.4 is 5.32 Å². The summed E-state index contributed by atoms with van der Waals surface area (Å²) in [7, 11) is 0.